The second-order valence-electron chi connectivity index (χ2n) is 5.42. The zero-order valence-corrected chi connectivity index (χ0v) is 13.4. The van der Waals surface area contributed by atoms with E-state index in [-0.39, 0.29) is 29.8 Å². The van der Waals surface area contributed by atoms with Crippen LogP contribution in [0.4, 0.5) is 0 Å². The average Bonchev–Trinajstić information content (AvgIpc) is 2.66. The predicted molar refractivity (Wildman–Crippen MR) is 80.2 cm³/mol. The monoisotopic (exact) mass is 335 g/mol. The van der Waals surface area contributed by atoms with Crippen molar-refractivity contribution in [1.82, 2.24) is 0 Å². The van der Waals surface area contributed by atoms with Crippen LogP contribution in [0.5, 0.6) is 0 Å². The number of benzene rings is 1. The smallest absolute Gasteiger partial charge is 0.160 e. The standard InChI is InChI=1S/C16H18BrNO2/c1-9-10(2)20-11(3)15(9)16(19)13(8-18)12-6-4-5-7-14(12)17/h4-7,9-11,13,15H,1-3H3. The number of nitriles is 1. The Morgan fingerprint density at radius 1 is 1.30 bits per heavy atom. The van der Waals surface area contributed by atoms with Gasteiger partial charge in [0.1, 0.15) is 5.92 Å². The van der Waals surface area contributed by atoms with Gasteiger partial charge in [-0.15, -0.1) is 0 Å². The number of carbonyl (C=O) groups is 1. The highest BCUT2D eigenvalue weighted by atomic mass is 79.9. The number of ether oxygens (including phenoxy) is 1. The van der Waals surface area contributed by atoms with Gasteiger partial charge in [0.05, 0.1) is 24.2 Å². The van der Waals surface area contributed by atoms with E-state index in [2.05, 4.69) is 22.0 Å². The first-order valence-corrected chi connectivity index (χ1v) is 7.60. The Morgan fingerprint density at radius 3 is 2.45 bits per heavy atom. The van der Waals surface area contributed by atoms with Gasteiger partial charge in [-0.2, -0.15) is 5.26 Å². The highest BCUT2D eigenvalue weighted by molar-refractivity contribution is 9.10. The molecule has 1 heterocycles. The molecule has 0 amide bonds. The Kier molecular flexibility index (Phi) is 4.62. The van der Waals surface area contributed by atoms with Gasteiger partial charge >= 0.3 is 0 Å². The largest absolute Gasteiger partial charge is 0.375 e. The zero-order chi connectivity index (χ0) is 14.9. The van der Waals surface area contributed by atoms with Gasteiger partial charge in [-0.1, -0.05) is 41.1 Å². The molecule has 1 saturated heterocycles. The molecule has 0 radical (unpaired) electrons. The van der Waals surface area contributed by atoms with E-state index in [4.69, 9.17) is 4.74 Å². The lowest BCUT2D eigenvalue weighted by atomic mass is 9.79. The van der Waals surface area contributed by atoms with Crippen LogP contribution >= 0.6 is 15.9 Å². The van der Waals surface area contributed by atoms with Crippen LogP contribution < -0.4 is 0 Å². The Balaban J connectivity index is 2.32. The van der Waals surface area contributed by atoms with Crippen molar-refractivity contribution in [2.45, 2.75) is 38.9 Å². The molecule has 1 aromatic rings. The Labute approximate surface area is 128 Å². The summed E-state index contributed by atoms with van der Waals surface area (Å²) in [4.78, 5) is 12.8. The average molecular weight is 336 g/mol. The topological polar surface area (TPSA) is 50.1 Å². The van der Waals surface area contributed by atoms with Crippen LogP contribution in [-0.2, 0) is 9.53 Å². The Bertz CT molecular complexity index is 552. The number of nitrogens with zero attached hydrogens (tertiary/aromatic N) is 1. The molecule has 0 aromatic heterocycles. The summed E-state index contributed by atoms with van der Waals surface area (Å²) in [5.41, 5.74) is 0.735. The molecule has 2 rings (SSSR count). The summed E-state index contributed by atoms with van der Waals surface area (Å²) in [5, 5.41) is 9.44. The number of ketones is 1. The molecular weight excluding hydrogens is 318 g/mol. The second kappa shape index (κ2) is 6.07. The van der Waals surface area contributed by atoms with E-state index in [9.17, 15) is 10.1 Å². The van der Waals surface area contributed by atoms with Crippen LogP contribution in [0.3, 0.4) is 0 Å². The molecule has 106 valence electrons. The summed E-state index contributed by atoms with van der Waals surface area (Å²) >= 11 is 3.42. The van der Waals surface area contributed by atoms with E-state index in [1.807, 2.05) is 45.0 Å². The summed E-state index contributed by atoms with van der Waals surface area (Å²) in [5.74, 6) is -0.865. The molecule has 5 atom stereocenters. The van der Waals surface area contributed by atoms with Gasteiger partial charge in [0, 0.05) is 4.47 Å². The Morgan fingerprint density at radius 2 is 1.95 bits per heavy atom. The van der Waals surface area contributed by atoms with Crippen LogP contribution in [0.1, 0.15) is 32.3 Å². The molecule has 3 nitrogen and oxygen atoms in total. The fourth-order valence-electron chi connectivity index (χ4n) is 2.95. The number of hydrogen-bond donors (Lipinski definition) is 0. The molecule has 20 heavy (non-hydrogen) atoms. The number of halogens is 1. The molecule has 1 aliphatic rings. The fourth-order valence-corrected chi connectivity index (χ4v) is 3.46. The lowest BCUT2D eigenvalue weighted by Gasteiger charge is -2.20. The molecule has 1 fully saturated rings. The van der Waals surface area contributed by atoms with Crippen LogP contribution in [0.15, 0.2) is 28.7 Å². The van der Waals surface area contributed by atoms with Crippen LogP contribution in [0, 0.1) is 23.2 Å². The number of carbonyl (C=O) groups excluding carboxylic acids is 1. The molecule has 0 bridgehead atoms. The quantitative estimate of drug-likeness (QED) is 0.846. The molecule has 1 aromatic carbocycles. The van der Waals surface area contributed by atoms with E-state index in [1.165, 1.54) is 0 Å². The SMILES string of the molecule is CC1OC(C)C(C(=O)C(C#N)c2ccccc2Br)C1C. The van der Waals surface area contributed by atoms with Crippen molar-refractivity contribution in [3.05, 3.63) is 34.3 Å². The van der Waals surface area contributed by atoms with Gasteiger partial charge in [-0.05, 0) is 31.4 Å². The number of rotatable bonds is 3. The van der Waals surface area contributed by atoms with Crippen molar-refractivity contribution in [3.63, 3.8) is 0 Å². The van der Waals surface area contributed by atoms with Crippen molar-refractivity contribution < 1.29 is 9.53 Å². The molecule has 5 unspecified atom stereocenters. The van der Waals surface area contributed by atoms with E-state index in [0.29, 0.717) is 0 Å². The van der Waals surface area contributed by atoms with Crippen molar-refractivity contribution in [2.75, 3.05) is 0 Å². The van der Waals surface area contributed by atoms with E-state index < -0.39 is 5.92 Å². The summed E-state index contributed by atoms with van der Waals surface area (Å²) in [6.45, 7) is 5.91. The minimum Gasteiger partial charge on any atom is -0.375 e. The van der Waals surface area contributed by atoms with Gasteiger partial charge in [-0.25, -0.2) is 0 Å². The molecule has 0 aliphatic carbocycles. The molecule has 0 saturated carbocycles. The molecule has 0 spiro atoms. The van der Waals surface area contributed by atoms with Crippen molar-refractivity contribution >= 4 is 21.7 Å². The van der Waals surface area contributed by atoms with Crippen molar-refractivity contribution in [3.8, 4) is 6.07 Å². The van der Waals surface area contributed by atoms with Gasteiger partial charge in [-0.3, -0.25) is 4.79 Å². The summed E-state index contributed by atoms with van der Waals surface area (Å²) in [6, 6.07) is 9.55. The van der Waals surface area contributed by atoms with E-state index in [0.717, 1.165) is 10.0 Å². The first-order chi connectivity index (χ1) is 9.47. The predicted octanol–water partition coefficient (Wildman–Crippen LogP) is 3.68. The highest BCUT2D eigenvalue weighted by Gasteiger charge is 2.44. The lowest BCUT2D eigenvalue weighted by Crippen LogP contribution is -2.30. The lowest BCUT2D eigenvalue weighted by molar-refractivity contribution is -0.125. The van der Waals surface area contributed by atoms with E-state index >= 15 is 0 Å². The van der Waals surface area contributed by atoms with Gasteiger partial charge in [0.15, 0.2) is 5.78 Å². The molecule has 1 aliphatic heterocycles. The third kappa shape index (κ3) is 2.65. The third-order valence-corrected chi connectivity index (χ3v) is 4.92. The minimum absolute atomic E-state index is 0.0382. The van der Waals surface area contributed by atoms with Gasteiger partial charge < -0.3 is 4.74 Å². The van der Waals surface area contributed by atoms with Crippen molar-refractivity contribution in [1.29, 1.82) is 5.26 Å². The Hall–Kier alpha value is -1.18. The maximum absolute atomic E-state index is 12.8. The maximum atomic E-state index is 12.8. The first kappa shape index (κ1) is 15.2. The zero-order valence-electron chi connectivity index (χ0n) is 11.8. The number of Topliss-reactive ketones (excluding diaryl/α,β-unsaturated/α-hetero) is 1. The normalized spacial score (nSPS) is 30.8. The third-order valence-electron chi connectivity index (χ3n) is 4.20. The van der Waals surface area contributed by atoms with Crippen molar-refractivity contribution in [2.24, 2.45) is 11.8 Å². The van der Waals surface area contributed by atoms with E-state index in [1.54, 1.807) is 0 Å². The second-order valence-corrected chi connectivity index (χ2v) is 6.27. The van der Waals surface area contributed by atoms with Crippen LogP contribution in [-0.4, -0.2) is 18.0 Å². The molecular formula is C16H18BrNO2. The fraction of sp³-hybridized carbons (Fsp3) is 0.500. The molecule has 0 N–H and O–H groups in total. The maximum Gasteiger partial charge on any atom is 0.160 e. The summed E-state index contributed by atoms with van der Waals surface area (Å²) < 4.78 is 6.52. The summed E-state index contributed by atoms with van der Waals surface area (Å²) in [6.07, 6.45) is -0.0802. The minimum atomic E-state index is -0.741. The van der Waals surface area contributed by atoms with Crippen LogP contribution in [0.2, 0.25) is 0 Å². The molecule has 4 heteroatoms. The summed E-state index contributed by atoms with van der Waals surface area (Å²) in [7, 11) is 0. The highest BCUT2D eigenvalue weighted by Crippen LogP contribution is 2.37. The first-order valence-electron chi connectivity index (χ1n) is 6.80. The number of hydrogen-bond acceptors (Lipinski definition) is 3. The van der Waals surface area contributed by atoms with Crippen LogP contribution in [0.25, 0.3) is 0 Å². The van der Waals surface area contributed by atoms with Gasteiger partial charge in [0.25, 0.3) is 0 Å². The van der Waals surface area contributed by atoms with Gasteiger partial charge in [0.2, 0.25) is 0 Å².